The van der Waals surface area contributed by atoms with E-state index in [1.165, 1.54) is 6.42 Å². The van der Waals surface area contributed by atoms with Crippen molar-refractivity contribution in [3.8, 4) is 5.75 Å². The second kappa shape index (κ2) is 4.55. The van der Waals surface area contributed by atoms with E-state index in [9.17, 15) is 8.78 Å². The topological polar surface area (TPSA) is 22.1 Å². The van der Waals surface area contributed by atoms with E-state index in [4.69, 9.17) is 4.74 Å². The fourth-order valence-electron chi connectivity index (χ4n) is 1.86. The average molecular weight is 213 g/mol. The van der Waals surface area contributed by atoms with E-state index in [0.29, 0.717) is 0 Å². The number of pyridine rings is 1. The van der Waals surface area contributed by atoms with Crippen LogP contribution in [0.15, 0.2) is 12.4 Å². The van der Waals surface area contributed by atoms with Gasteiger partial charge in [-0.05, 0) is 25.7 Å². The highest BCUT2D eigenvalue weighted by Gasteiger charge is 2.19. The monoisotopic (exact) mass is 213 g/mol. The highest BCUT2D eigenvalue weighted by Crippen LogP contribution is 2.26. The molecule has 4 heteroatoms. The number of hydrogen-bond acceptors (Lipinski definition) is 2. The molecule has 0 aromatic carbocycles. The molecule has 1 aromatic heterocycles. The maximum Gasteiger partial charge on any atom is 0.194 e. The Morgan fingerprint density at radius 3 is 2.27 bits per heavy atom. The van der Waals surface area contributed by atoms with Crippen molar-refractivity contribution in [1.82, 2.24) is 4.98 Å². The molecule has 15 heavy (non-hydrogen) atoms. The fourth-order valence-corrected chi connectivity index (χ4v) is 1.86. The highest BCUT2D eigenvalue weighted by molar-refractivity contribution is 5.22. The lowest BCUT2D eigenvalue weighted by atomic mass is 9.98. The number of ether oxygens (including phenoxy) is 1. The number of aromatic nitrogens is 1. The van der Waals surface area contributed by atoms with Crippen molar-refractivity contribution in [2.75, 3.05) is 0 Å². The molecule has 82 valence electrons. The molecule has 1 heterocycles. The summed E-state index contributed by atoms with van der Waals surface area (Å²) >= 11 is 0. The first-order valence-electron chi connectivity index (χ1n) is 5.23. The van der Waals surface area contributed by atoms with Crippen LogP contribution in [-0.4, -0.2) is 11.1 Å². The van der Waals surface area contributed by atoms with Crippen LogP contribution in [0.3, 0.4) is 0 Å². The summed E-state index contributed by atoms with van der Waals surface area (Å²) in [5.74, 6) is -1.72. The van der Waals surface area contributed by atoms with Gasteiger partial charge in [0.2, 0.25) is 0 Å². The molecule has 0 aliphatic heterocycles. The Bertz CT molecular complexity index is 317. The number of hydrogen-bond donors (Lipinski definition) is 0. The Morgan fingerprint density at radius 1 is 1.07 bits per heavy atom. The van der Waals surface area contributed by atoms with Crippen LogP contribution in [0.5, 0.6) is 5.75 Å². The van der Waals surface area contributed by atoms with Crippen molar-refractivity contribution < 1.29 is 13.5 Å². The van der Waals surface area contributed by atoms with Crippen LogP contribution in [0.4, 0.5) is 8.78 Å². The third kappa shape index (κ3) is 2.43. The Kier molecular flexibility index (Phi) is 3.14. The molecular weight excluding hydrogens is 200 g/mol. The van der Waals surface area contributed by atoms with E-state index in [1.807, 2.05) is 0 Å². The molecule has 2 rings (SSSR count). The van der Waals surface area contributed by atoms with Gasteiger partial charge in [-0.1, -0.05) is 6.42 Å². The third-order valence-corrected chi connectivity index (χ3v) is 2.65. The second-order valence-corrected chi connectivity index (χ2v) is 3.81. The Hall–Kier alpha value is -1.19. The Labute approximate surface area is 87.3 Å². The standard InChI is InChI=1S/C11H13F2NO/c12-9-6-14-7-10(13)11(9)15-8-4-2-1-3-5-8/h6-8H,1-5H2. The summed E-state index contributed by atoms with van der Waals surface area (Å²) in [7, 11) is 0. The van der Waals surface area contributed by atoms with Crippen molar-refractivity contribution in [2.45, 2.75) is 38.2 Å². The van der Waals surface area contributed by atoms with Gasteiger partial charge in [0.15, 0.2) is 17.4 Å². The maximum absolute atomic E-state index is 13.2. The van der Waals surface area contributed by atoms with E-state index in [1.54, 1.807) is 0 Å². The first-order valence-corrected chi connectivity index (χ1v) is 5.23. The lowest BCUT2D eigenvalue weighted by molar-refractivity contribution is 0.141. The smallest absolute Gasteiger partial charge is 0.194 e. The molecule has 0 radical (unpaired) electrons. The molecule has 0 N–H and O–H groups in total. The van der Waals surface area contributed by atoms with Crippen molar-refractivity contribution >= 4 is 0 Å². The van der Waals surface area contributed by atoms with Gasteiger partial charge in [0, 0.05) is 0 Å². The molecule has 0 unspecified atom stereocenters. The lowest BCUT2D eigenvalue weighted by Gasteiger charge is -2.23. The second-order valence-electron chi connectivity index (χ2n) is 3.81. The van der Waals surface area contributed by atoms with Crippen LogP contribution in [-0.2, 0) is 0 Å². The molecular formula is C11H13F2NO. The Balaban J connectivity index is 2.09. The van der Waals surface area contributed by atoms with E-state index in [-0.39, 0.29) is 11.9 Å². The van der Waals surface area contributed by atoms with Gasteiger partial charge < -0.3 is 4.74 Å². The van der Waals surface area contributed by atoms with Crippen molar-refractivity contribution in [3.63, 3.8) is 0 Å². The summed E-state index contributed by atoms with van der Waals surface area (Å²) in [6, 6.07) is 0. The molecule has 0 bridgehead atoms. The molecule has 0 spiro atoms. The van der Waals surface area contributed by atoms with Crippen molar-refractivity contribution in [2.24, 2.45) is 0 Å². The molecule has 1 fully saturated rings. The first-order chi connectivity index (χ1) is 7.27. The van der Waals surface area contributed by atoms with E-state index >= 15 is 0 Å². The van der Waals surface area contributed by atoms with Crippen LogP contribution in [0.1, 0.15) is 32.1 Å². The molecule has 0 saturated heterocycles. The van der Waals surface area contributed by atoms with Gasteiger partial charge in [-0.3, -0.25) is 4.98 Å². The summed E-state index contributed by atoms with van der Waals surface area (Å²) in [4.78, 5) is 3.41. The largest absolute Gasteiger partial charge is 0.484 e. The maximum atomic E-state index is 13.2. The minimum atomic E-state index is -0.722. The first kappa shape index (κ1) is 10.3. The van der Waals surface area contributed by atoms with Crippen LogP contribution >= 0.6 is 0 Å². The van der Waals surface area contributed by atoms with Crippen LogP contribution in [0.2, 0.25) is 0 Å². The molecule has 0 amide bonds. The molecule has 2 nitrogen and oxygen atoms in total. The van der Waals surface area contributed by atoms with Gasteiger partial charge in [0.25, 0.3) is 0 Å². The van der Waals surface area contributed by atoms with Crippen LogP contribution in [0, 0.1) is 11.6 Å². The van der Waals surface area contributed by atoms with Crippen molar-refractivity contribution in [1.29, 1.82) is 0 Å². The van der Waals surface area contributed by atoms with Crippen molar-refractivity contribution in [3.05, 3.63) is 24.0 Å². The normalized spacial score (nSPS) is 17.7. The minimum absolute atomic E-state index is 0.0508. The van der Waals surface area contributed by atoms with E-state index < -0.39 is 11.6 Å². The number of halogens is 2. The van der Waals surface area contributed by atoms with Gasteiger partial charge >= 0.3 is 0 Å². The molecule has 1 aliphatic carbocycles. The van der Waals surface area contributed by atoms with Gasteiger partial charge in [-0.25, -0.2) is 8.78 Å². The van der Waals surface area contributed by atoms with Gasteiger partial charge in [-0.15, -0.1) is 0 Å². The zero-order valence-electron chi connectivity index (χ0n) is 8.38. The predicted octanol–water partition coefficient (Wildman–Crippen LogP) is 3.07. The number of rotatable bonds is 2. The summed E-state index contributed by atoms with van der Waals surface area (Å²) in [6.07, 6.45) is 6.97. The molecule has 1 aliphatic rings. The lowest BCUT2D eigenvalue weighted by Crippen LogP contribution is -2.20. The van der Waals surface area contributed by atoms with Gasteiger partial charge in [0.1, 0.15) is 0 Å². The summed E-state index contributed by atoms with van der Waals surface area (Å²) in [5, 5.41) is 0. The average Bonchev–Trinajstić information content (AvgIpc) is 2.25. The minimum Gasteiger partial charge on any atom is -0.484 e. The third-order valence-electron chi connectivity index (χ3n) is 2.65. The zero-order valence-corrected chi connectivity index (χ0v) is 8.38. The van der Waals surface area contributed by atoms with Crippen LogP contribution in [0.25, 0.3) is 0 Å². The molecule has 1 aromatic rings. The fraction of sp³-hybridized carbons (Fsp3) is 0.545. The summed E-state index contributed by atoms with van der Waals surface area (Å²) in [6.45, 7) is 0. The molecule has 1 saturated carbocycles. The highest BCUT2D eigenvalue weighted by atomic mass is 19.1. The van der Waals surface area contributed by atoms with Gasteiger partial charge in [0.05, 0.1) is 18.5 Å². The predicted molar refractivity (Wildman–Crippen MR) is 51.7 cm³/mol. The molecule has 0 atom stereocenters. The van der Waals surface area contributed by atoms with E-state index in [0.717, 1.165) is 38.1 Å². The Morgan fingerprint density at radius 2 is 1.67 bits per heavy atom. The summed E-state index contributed by atoms with van der Waals surface area (Å²) < 4.78 is 31.7. The van der Waals surface area contributed by atoms with Gasteiger partial charge in [-0.2, -0.15) is 0 Å². The number of nitrogens with zero attached hydrogens (tertiary/aromatic N) is 1. The van der Waals surface area contributed by atoms with Crippen LogP contribution < -0.4 is 4.74 Å². The summed E-state index contributed by atoms with van der Waals surface area (Å²) in [5.41, 5.74) is 0. The zero-order chi connectivity index (χ0) is 10.7. The van der Waals surface area contributed by atoms with E-state index in [2.05, 4.69) is 4.98 Å². The SMILES string of the molecule is Fc1cncc(F)c1OC1CCCCC1. The quantitative estimate of drug-likeness (QED) is 0.753.